The van der Waals surface area contributed by atoms with E-state index >= 15 is 0 Å². The highest BCUT2D eigenvalue weighted by atomic mass is 16.2. The third kappa shape index (κ3) is 3.67. The molecule has 1 rings (SSSR count). The van der Waals surface area contributed by atoms with Crippen molar-refractivity contribution >= 4 is 5.91 Å². The van der Waals surface area contributed by atoms with E-state index in [0.717, 1.165) is 37.7 Å². The lowest BCUT2D eigenvalue weighted by atomic mass is 9.89. The maximum atomic E-state index is 11.6. The zero-order valence-corrected chi connectivity index (χ0v) is 9.64. The average molecular weight is 210 g/mol. The van der Waals surface area contributed by atoms with Gasteiger partial charge in [-0.05, 0) is 38.5 Å². The Hall–Kier alpha value is -0.830. The van der Waals surface area contributed by atoms with Gasteiger partial charge in [-0.1, -0.05) is 25.3 Å². The molecule has 0 bridgehead atoms. The highest BCUT2D eigenvalue weighted by Gasteiger charge is 2.16. The van der Waals surface area contributed by atoms with E-state index in [0.29, 0.717) is 0 Å². The first kappa shape index (κ1) is 12.2. The van der Waals surface area contributed by atoms with Crippen molar-refractivity contribution in [2.24, 2.45) is 5.84 Å². The van der Waals surface area contributed by atoms with Crippen molar-refractivity contribution in [1.82, 2.24) is 5.43 Å². The first-order chi connectivity index (χ1) is 7.29. The number of hydrazine groups is 1. The van der Waals surface area contributed by atoms with Crippen LogP contribution >= 0.6 is 0 Å². The molecular weight excluding hydrogens is 188 g/mol. The Balaban J connectivity index is 2.71. The summed E-state index contributed by atoms with van der Waals surface area (Å²) in [4.78, 5) is 11.6. The molecule has 0 heterocycles. The molecule has 0 radical (unpaired) electrons. The van der Waals surface area contributed by atoms with Gasteiger partial charge in [0.1, 0.15) is 0 Å². The zero-order valence-electron chi connectivity index (χ0n) is 9.64. The molecule has 0 spiro atoms. The summed E-state index contributed by atoms with van der Waals surface area (Å²) >= 11 is 0. The van der Waals surface area contributed by atoms with Crippen molar-refractivity contribution in [3.05, 3.63) is 11.1 Å². The summed E-state index contributed by atoms with van der Waals surface area (Å²) in [6, 6.07) is 0. The van der Waals surface area contributed by atoms with Crippen LogP contribution < -0.4 is 11.3 Å². The fourth-order valence-corrected chi connectivity index (χ4v) is 2.17. The molecule has 0 aromatic rings. The number of nitrogens with one attached hydrogen (secondary N) is 1. The highest BCUT2D eigenvalue weighted by Crippen LogP contribution is 2.27. The summed E-state index contributed by atoms with van der Waals surface area (Å²) in [6.45, 7) is 2.14. The minimum atomic E-state index is -0.0691. The molecule has 3 nitrogen and oxygen atoms in total. The molecule has 1 amide bonds. The van der Waals surface area contributed by atoms with Crippen LogP contribution in [-0.2, 0) is 4.79 Å². The van der Waals surface area contributed by atoms with E-state index in [1.807, 2.05) is 0 Å². The standard InChI is InChI=1S/C12H22N2O/c1-2-3-9-11(12(15)14-13)10-7-5-4-6-8-10/h2-9,13H2,1H3,(H,14,15). The van der Waals surface area contributed by atoms with Gasteiger partial charge in [0.15, 0.2) is 0 Å². The van der Waals surface area contributed by atoms with E-state index in [-0.39, 0.29) is 5.91 Å². The second-order valence-corrected chi connectivity index (χ2v) is 4.22. The quantitative estimate of drug-likeness (QED) is 0.324. The Morgan fingerprint density at radius 3 is 2.53 bits per heavy atom. The van der Waals surface area contributed by atoms with Crippen LogP contribution in [0.3, 0.4) is 0 Å². The Morgan fingerprint density at radius 1 is 1.33 bits per heavy atom. The molecule has 86 valence electrons. The number of hydrogen-bond acceptors (Lipinski definition) is 2. The van der Waals surface area contributed by atoms with Crippen LogP contribution in [0.25, 0.3) is 0 Å². The smallest absolute Gasteiger partial charge is 0.261 e. The number of nitrogens with two attached hydrogens (primary N) is 1. The number of amides is 1. The summed E-state index contributed by atoms with van der Waals surface area (Å²) in [7, 11) is 0. The van der Waals surface area contributed by atoms with Crippen molar-refractivity contribution in [2.45, 2.75) is 58.3 Å². The highest BCUT2D eigenvalue weighted by molar-refractivity contribution is 5.93. The van der Waals surface area contributed by atoms with E-state index in [1.165, 1.54) is 24.8 Å². The van der Waals surface area contributed by atoms with Gasteiger partial charge in [0.2, 0.25) is 0 Å². The molecule has 0 aliphatic heterocycles. The van der Waals surface area contributed by atoms with Crippen molar-refractivity contribution in [3.8, 4) is 0 Å². The summed E-state index contributed by atoms with van der Waals surface area (Å²) in [6.07, 6.45) is 9.01. The lowest BCUT2D eigenvalue weighted by Gasteiger charge is -2.18. The van der Waals surface area contributed by atoms with Crippen LogP contribution in [0, 0.1) is 0 Å². The number of carbonyl (C=O) groups excluding carboxylic acids is 1. The van der Waals surface area contributed by atoms with Crippen LogP contribution in [0.1, 0.15) is 58.3 Å². The van der Waals surface area contributed by atoms with Gasteiger partial charge in [0.05, 0.1) is 0 Å². The molecule has 0 atom stereocenters. The lowest BCUT2D eigenvalue weighted by molar-refractivity contribution is -0.117. The van der Waals surface area contributed by atoms with Gasteiger partial charge in [-0.25, -0.2) is 5.84 Å². The van der Waals surface area contributed by atoms with Gasteiger partial charge in [-0.2, -0.15) is 0 Å². The van der Waals surface area contributed by atoms with E-state index in [9.17, 15) is 4.79 Å². The van der Waals surface area contributed by atoms with Crippen LogP contribution in [-0.4, -0.2) is 5.91 Å². The van der Waals surface area contributed by atoms with Crippen LogP contribution in [0.4, 0.5) is 0 Å². The summed E-state index contributed by atoms with van der Waals surface area (Å²) in [5.74, 6) is 5.15. The Kier molecular flexibility index (Phi) is 5.40. The predicted octanol–water partition coefficient (Wildman–Crippen LogP) is 2.43. The van der Waals surface area contributed by atoms with Crippen LogP contribution in [0.2, 0.25) is 0 Å². The number of unbranched alkanes of at least 4 members (excludes halogenated alkanes) is 1. The molecular formula is C12H22N2O. The maximum Gasteiger partial charge on any atom is 0.261 e. The molecule has 0 saturated heterocycles. The molecule has 3 heteroatoms. The third-order valence-corrected chi connectivity index (χ3v) is 3.07. The van der Waals surface area contributed by atoms with E-state index < -0.39 is 0 Å². The van der Waals surface area contributed by atoms with Gasteiger partial charge < -0.3 is 0 Å². The number of hydrogen-bond donors (Lipinski definition) is 2. The monoisotopic (exact) mass is 210 g/mol. The maximum absolute atomic E-state index is 11.6. The lowest BCUT2D eigenvalue weighted by Crippen LogP contribution is -2.32. The Labute approximate surface area is 92.1 Å². The number of allylic oxidation sites excluding steroid dienone is 1. The zero-order chi connectivity index (χ0) is 11.1. The molecule has 0 unspecified atom stereocenters. The fourth-order valence-electron chi connectivity index (χ4n) is 2.17. The molecule has 1 aliphatic carbocycles. The van der Waals surface area contributed by atoms with Crippen molar-refractivity contribution in [3.63, 3.8) is 0 Å². The van der Waals surface area contributed by atoms with E-state index in [4.69, 9.17) is 5.84 Å². The molecule has 15 heavy (non-hydrogen) atoms. The largest absolute Gasteiger partial charge is 0.290 e. The van der Waals surface area contributed by atoms with Gasteiger partial charge in [-0.3, -0.25) is 10.2 Å². The molecule has 1 fully saturated rings. The van der Waals surface area contributed by atoms with Gasteiger partial charge in [-0.15, -0.1) is 0 Å². The average Bonchev–Trinajstić information content (AvgIpc) is 2.30. The second kappa shape index (κ2) is 6.62. The van der Waals surface area contributed by atoms with Gasteiger partial charge in [0, 0.05) is 5.57 Å². The van der Waals surface area contributed by atoms with Crippen molar-refractivity contribution in [1.29, 1.82) is 0 Å². The summed E-state index contributed by atoms with van der Waals surface area (Å²) in [5, 5.41) is 0. The van der Waals surface area contributed by atoms with Gasteiger partial charge >= 0.3 is 0 Å². The minimum Gasteiger partial charge on any atom is -0.290 e. The molecule has 1 saturated carbocycles. The van der Waals surface area contributed by atoms with Crippen molar-refractivity contribution in [2.75, 3.05) is 0 Å². The Bertz CT molecular complexity index is 238. The number of carbonyl (C=O) groups is 1. The fraction of sp³-hybridized carbons (Fsp3) is 0.750. The van der Waals surface area contributed by atoms with Crippen LogP contribution in [0.5, 0.6) is 0 Å². The SMILES string of the molecule is CCCCC(C(=O)NN)=C1CCCCC1. The first-order valence-electron chi connectivity index (χ1n) is 6.01. The summed E-state index contributed by atoms with van der Waals surface area (Å²) in [5.41, 5.74) is 4.58. The normalized spacial score (nSPS) is 16.3. The second-order valence-electron chi connectivity index (χ2n) is 4.22. The van der Waals surface area contributed by atoms with Gasteiger partial charge in [0.25, 0.3) is 5.91 Å². The third-order valence-electron chi connectivity index (χ3n) is 3.07. The number of rotatable bonds is 4. The molecule has 0 aromatic carbocycles. The van der Waals surface area contributed by atoms with Crippen molar-refractivity contribution < 1.29 is 4.79 Å². The van der Waals surface area contributed by atoms with Crippen LogP contribution in [0.15, 0.2) is 11.1 Å². The summed E-state index contributed by atoms with van der Waals surface area (Å²) < 4.78 is 0. The first-order valence-corrected chi connectivity index (χ1v) is 6.01. The molecule has 0 aromatic heterocycles. The predicted molar refractivity (Wildman–Crippen MR) is 62.0 cm³/mol. The minimum absolute atomic E-state index is 0.0691. The Morgan fingerprint density at radius 2 is 2.00 bits per heavy atom. The molecule has 3 N–H and O–H groups in total. The van der Waals surface area contributed by atoms with E-state index in [1.54, 1.807) is 0 Å². The molecule has 1 aliphatic rings. The van der Waals surface area contributed by atoms with E-state index in [2.05, 4.69) is 12.3 Å². The topological polar surface area (TPSA) is 55.1 Å².